The number of aryl methyl sites for hydroxylation is 1. The van der Waals surface area contributed by atoms with Gasteiger partial charge in [0.25, 0.3) is 5.91 Å². The van der Waals surface area contributed by atoms with E-state index in [1.54, 1.807) is 12.3 Å². The molecular formula is C16H27N3O. The highest BCUT2D eigenvalue weighted by Gasteiger charge is 2.19. The fourth-order valence-electron chi connectivity index (χ4n) is 2.13. The van der Waals surface area contributed by atoms with Gasteiger partial charge >= 0.3 is 0 Å². The quantitative estimate of drug-likeness (QED) is 0.751. The van der Waals surface area contributed by atoms with Gasteiger partial charge in [-0.3, -0.25) is 9.78 Å². The van der Waals surface area contributed by atoms with Crippen molar-refractivity contribution in [1.82, 2.24) is 10.3 Å². The van der Waals surface area contributed by atoms with Gasteiger partial charge in [-0.25, -0.2) is 0 Å². The summed E-state index contributed by atoms with van der Waals surface area (Å²) in [6.45, 7) is 9.07. The van der Waals surface area contributed by atoms with Gasteiger partial charge in [0.05, 0.1) is 5.56 Å². The van der Waals surface area contributed by atoms with Gasteiger partial charge in [-0.1, -0.05) is 40.0 Å². The fourth-order valence-corrected chi connectivity index (χ4v) is 2.13. The first-order chi connectivity index (χ1) is 9.35. The monoisotopic (exact) mass is 277 g/mol. The van der Waals surface area contributed by atoms with Crippen LogP contribution in [0.15, 0.2) is 12.3 Å². The topological polar surface area (TPSA) is 68.0 Å². The maximum Gasteiger partial charge on any atom is 0.254 e. The molecule has 4 heteroatoms. The molecule has 1 heterocycles. The summed E-state index contributed by atoms with van der Waals surface area (Å²) in [7, 11) is 0. The highest BCUT2D eigenvalue weighted by Crippen LogP contribution is 2.23. The minimum atomic E-state index is -0.140. The van der Waals surface area contributed by atoms with Crippen LogP contribution < -0.4 is 11.1 Å². The van der Waals surface area contributed by atoms with Gasteiger partial charge in [0, 0.05) is 24.1 Å². The number of rotatable bonds is 7. The summed E-state index contributed by atoms with van der Waals surface area (Å²) >= 11 is 0. The van der Waals surface area contributed by atoms with Gasteiger partial charge in [-0.05, 0) is 24.8 Å². The third kappa shape index (κ3) is 5.19. The third-order valence-corrected chi connectivity index (χ3v) is 3.50. The molecule has 0 saturated heterocycles. The molecule has 0 bridgehead atoms. The summed E-state index contributed by atoms with van der Waals surface area (Å²) in [5.74, 6) is -0.140. The van der Waals surface area contributed by atoms with Crippen LogP contribution in [0.3, 0.4) is 0 Å². The van der Waals surface area contributed by atoms with Crippen LogP contribution in [0.4, 0.5) is 5.69 Å². The number of carbonyl (C=O) groups is 1. The van der Waals surface area contributed by atoms with Crippen LogP contribution in [0.2, 0.25) is 0 Å². The molecule has 4 nitrogen and oxygen atoms in total. The number of nitrogens with one attached hydrogen (secondary N) is 1. The smallest absolute Gasteiger partial charge is 0.254 e. The van der Waals surface area contributed by atoms with Gasteiger partial charge in [0.1, 0.15) is 0 Å². The number of anilines is 1. The number of amides is 1. The lowest BCUT2D eigenvalue weighted by atomic mass is 9.87. The van der Waals surface area contributed by atoms with E-state index < -0.39 is 0 Å². The minimum absolute atomic E-state index is 0.109. The Morgan fingerprint density at radius 3 is 2.70 bits per heavy atom. The van der Waals surface area contributed by atoms with Crippen molar-refractivity contribution in [3.8, 4) is 0 Å². The average molecular weight is 277 g/mol. The van der Waals surface area contributed by atoms with Crippen molar-refractivity contribution in [1.29, 1.82) is 0 Å². The lowest BCUT2D eigenvalue weighted by Gasteiger charge is -2.25. The van der Waals surface area contributed by atoms with E-state index in [9.17, 15) is 4.79 Å². The number of aromatic nitrogens is 1. The van der Waals surface area contributed by atoms with E-state index in [-0.39, 0.29) is 11.3 Å². The largest absolute Gasteiger partial charge is 0.398 e. The molecule has 0 atom stereocenters. The summed E-state index contributed by atoms with van der Waals surface area (Å²) in [5, 5.41) is 2.97. The van der Waals surface area contributed by atoms with Gasteiger partial charge in [0.15, 0.2) is 0 Å². The Labute approximate surface area is 122 Å². The number of unbranched alkanes of at least 4 members (excludes halogenated alkanes) is 2. The van der Waals surface area contributed by atoms with E-state index in [1.165, 1.54) is 19.3 Å². The van der Waals surface area contributed by atoms with E-state index in [0.29, 0.717) is 17.8 Å². The van der Waals surface area contributed by atoms with E-state index in [1.807, 2.05) is 6.92 Å². The van der Waals surface area contributed by atoms with Gasteiger partial charge in [-0.2, -0.15) is 0 Å². The first-order valence-corrected chi connectivity index (χ1v) is 7.36. The van der Waals surface area contributed by atoms with E-state index >= 15 is 0 Å². The summed E-state index contributed by atoms with van der Waals surface area (Å²) in [6, 6.07) is 1.72. The number of nitrogen functional groups attached to an aromatic ring is 1. The Morgan fingerprint density at radius 2 is 2.10 bits per heavy atom. The Kier molecular flexibility index (Phi) is 5.99. The highest BCUT2D eigenvalue weighted by atomic mass is 16.1. The van der Waals surface area contributed by atoms with Crippen LogP contribution in [-0.4, -0.2) is 17.4 Å². The zero-order valence-electron chi connectivity index (χ0n) is 13.1. The molecule has 1 aromatic rings. The van der Waals surface area contributed by atoms with Crippen molar-refractivity contribution >= 4 is 11.6 Å². The molecule has 0 aromatic carbocycles. The lowest BCUT2D eigenvalue weighted by molar-refractivity contribution is 0.0934. The Hall–Kier alpha value is -1.58. The lowest BCUT2D eigenvalue weighted by Crippen LogP contribution is -2.34. The fraction of sp³-hybridized carbons (Fsp3) is 0.625. The number of pyridine rings is 1. The maximum atomic E-state index is 12.1. The molecular weight excluding hydrogens is 250 g/mol. The number of carbonyl (C=O) groups excluding carboxylic acids is 1. The molecule has 0 aliphatic rings. The van der Waals surface area contributed by atoms with Crippen LogP contribution in [0.1, 0.15) is 62.5 Å². The Morgan fingerprint density at radius 1 is 1.40 bits per heavy atom. The van der Waals surface area contributed by atoms with Crippen LogP contribution in [0, 0.1) is 12.3 Å². The first kappa shape index (κ1) is 16.5. The maximum absolute atomic E-state index is 12.1. The van der Waals surface area contributed by atoms with Crippen molar-refractivity contribution in [3.05, 3.63) is 23.5 Å². The van der Waals surface area contributed by atoms with E-state index in [0.717, 1.165) is 12.1 Å². The van der Waals surface area contributed by atoms with Gasteiger partial charge in [0.2, 0.25) is 0 Å². The molecule has 1 aromatic heterocycles. The number of nitrogens with two attached hydrogens (primary N) is 1. The van der Waals surface area contributed by atoms with E-state index in [2.05, 4.69) is 31.1 Å². The normalized spacial score (nSPS) is 11.4. The standard InChI is InChI=1S/C16H27N3O/c1-5-6-7-8-16(3,4)11-19-15(20)13-10-18-12(2)9-14(13)17/h9-10H,5-8,11H2,1-4H3,(H2,17,18)(H,19,20). The molecule has 0 fully saturated rings. The summed E-state index contributed by atoms with van der Waals surface area (Å²) in [6.07, 6.45) is 6.32. The molecule has 0 radical (unpaired) electrons. The molecule has 0 aliphatic heterocycles. The van der Waals surface area contributed by atoms with E-state index in [4.69, 9.17) is 5.73 Å². The summed E-state index contributed by atoms with van der Waals surface area (Å²) in [4.78, 5) is 16.2. The van der Waals surface area contributed by atoms with Crippen molar-refractivity contribution in [3.63, 3.8) is 0 Å². The Bertz CT molecular complexity index is 455. The second kappa shape index (κ2) is 7.27. The van der Waals surface area contributed by atoms with Crippen LogP contribution in [-0.2, 0) is 0 Å². The van der Waals surface area contributed by atoms with Gasteiger partial charge in [-0.15, -0.1) is 0 Å². The predicted molar refractivity (Wildman–Crippen MR) is 83.6 cm³/mol. The second-order valence-electron chi connectivity index (χ2n) is 6.22. The molecule has 1 amide bonds. The van der Waals surface area contributed by atoms with Crippen LogP contribution in [0.25, 0.3) is 0 Å². The van der Waals surface area contributed by atoms with Crippen molar-refractivity contribution in [2.75, 3.05) is 12.3 Å². The predicted octanol–water partition coefficient (Wildman–Crippen LogP) is 3.31. The average Bonchev–Trinajstić information content (AvgIpc) is 2.36. The van der Waals surface area contributed by atoms with Crippen LogP contribution >= 0.6 is 0 Å². The molecule has 0 unspecified atom stereocenters. The molecule has 0 aliphatic carbocycles. The molecule has 1 rings (SSSR count). The van der Waals surface area contributed by atoms with Crippen molar-refractivity contribution < 1.29 is 4.79 Å². The molecule has 3 N–H and O–H groups in total. The Balaban J connectivity index is 2.54. The molecule has 20 heavy (non-hydrogen) atoms. The number of hydrogen-bond acceptors (Lipinski definition) is 3. The highest BCUT2D eigenvalue weighted by molar-refractivity contribution is 5.98. The second-order valence-corrected chi connectivity index (χ2v) is 6.22. The molecule has 112 valence electrons. The van der Waals surface area contributed by atoms with Crippen molar-refractivity contribution in [2.45, 2.75) is 53.4 Å². The number of hydrogen-bond donors (Lipinski definition) is 2. The zero-order valence-corrected chi connectivity index (χ0v) is 13.1. The van der Waals surface area contributed by atoms with Gasteiger partial charge < -0.3 is 11.1 Å². The van der Waals surface area contributed by atoms with Crippen molar-refractivity contribution in [2.24, 2.45) is 5.41 Å². The molecule has 0 saturated carbocycles. The molecule has 0 spiro atoms. The van der Waals surface area contributed by atoms with Crippen LogP contribution in [0.5, 0.6) is 0 Å². The first-order valence-electron chi connectivity index (χ1n) is 7.36. The zero-order chi connectivity index (χ0) is 15.2. The third-order valence-electron chi connectivity index (χ3n) is 3.50. The summed E-state index contributed by atoms with van der Waals surface area (Å²) in [5.41, 5.74) is 7.73. The number of nitrogens with zero attached hydrogens (tertiary/aromatic N) is 1. The SMILES string of the molecule is CCCCCC(C)(C)CNC(=O)c1cnc(C)cc1N. The summed E-state index contributed by atoms with van der Waals surface area (Å²) < 4.78 is 0. The minimum Gasteiger partial charge on any atom is -0.398 e.